The second kappa shape index (κ2) is 6.95. The molecule has 1 aromatic heterocycles. The summed E-state index contributed by atoms with van der Waals surface area (Å²) in [4.78, 5) is 24.6. The molecule has 0 aliphatic carbocycles. The molecule has 1 fully saturated rings. The predicted octanol–water partition coefficient (Wildman–Crippen LogP) is 1.29. The van der Waals surface area contributed by atoms with E-state index in [2.05, 4.69) is 5.32 Å². The smallest absolute Gasteiger partial charge is 0.332 e. The van der Waals surface area contributed by atoms with E-state index in [-0.39, 0.29) is 23.5 Å². The van der Waals surface area contributed by atoms with Crippen molar-refractivity contribution in [3.05, 3.63) is 62.3 Å². The third-order valence-corrected chi connectivity index (χ3v) is 4.56. The van der Waals surface area contributed by atoms with Crippen LogP contribution in [-0.2, 0) is 18.8 Å². The molecule has 0 unspecified atom stereocenters. The van der Waals surface area contributed by atoms with Crippen molar-refractivity contribution in [1.82, 2.24) is 9.13 Å². The lowest BCUT2D eigenvalue weighted by Gasteiger charge is -2.27. The summed E-state index contributed by atoms with van der Waals surface area (Å²) < 4.78 is 8.06. The summed E-state index contributed by atoms with van der Waals surface area (Å²) in [6.45, 7) is 0.677. The highest BCUT2D eigenvalue weighted by Crippen LogP contribution is 2.30. The molecule has 1 aromatic carbocycles. The molecule has 1 N–H and O–H groups in total. The van der Waals surface area contributed by atoms with Crippen LogP contribution in [0.3, 0.4) is 0 Å². The first kappa shape index (κ1) is 17.0. The van der Waals surface area contributed by atoms with Gasteiger partial charge in [-0.2, -0.15) is 5.26 Å². The lowest BCUT2D eigenvalue weighted by atomic mass is 9.99. The van der Waals surface area contributed by atoms with Crippen molar-refractivity contribution in [1.29, 1.82) is 5.26 Å². The maximum Gasteiger partial charge on any atom is 0.332 e. The minimum absolute atomic E-state index is 0.0801. The van der Waals surface area contributed by atoms with E-state index in [0.29, 0.717) is 6.61 Å². The number of benzene rings is 1. The van der Waals surface area contributed by atoms with Gasteiger partial charge in [0.1, 0.15) is 11.9 Å². The Labute approximate surface area is 145 Å². The number of hydrogen-bond donors (Lipinski definition) is 1. The lowest BCUT2D eigenvalue weighted by Crippen LogP contribution is -2.41. The topological polar surface area (TPSA) is 89.1 Å². The maximum atomic E-state index is 12.3. The standard InChI is InChI=1S/C18H20N4O3/c1-21-16(13(11-19)17(23)22(2)18(21)24)20-15(14-9-6-10-25-14)12-7-4-3-5-8-12/h3-5,7-8,14-15,20H,6,9-10H2,1-2H3/t14-,15+/m1/s1. The van der Waals surface area contributed by atoms with Gasteiger partial charge in [0.2, 0.25) is 0 Å². The van der Waals surface area contributed by atoms with Gasteiger partial charge in [-0.3, -0.25) is 13.9 Å². The Morgan fingerprint density at radius 2 is 1.96 bits per heavy atom. The molecule has 2 heterocycles. The molecule has 1 saturated heterocycles. The maximum absolute atomic E-state index is 12.3. The van der Waals surface area contributed by atoms with Crippen LogP contribution in [-0.4, -0.2) is 21.8 Å². The molecule has 1 aliphatic rings. The summed E-state index contributed by atoms with van der Waals surface area (Å²) in [5, 5.41) is 12.7. The molecule has 3 rings (SSSR count). The Balaban J connectivity index is 2.11. The summed E-state index contributed by atoms with van der Waals surface area (Å²) in [5.74, 6) is 0.222. The fraction of sp³-hybridized carbons (Fsp3) is 0.389. The Kier molecular flexibility index (Phi) is 4.72. The Hall–Kier alpha value is -2.85. The highest BCUT2D eigenvalue weighted by atomic mass is 16.5. The Morgan fingerprint density at radius 1 is 1.24 bits per heavy atom. The van der Waals surface area contributed by atoms with Crippen LogP contribution >= 0.6 is 0 Å². The van der Waals surface area contributed by atoms with Gasteiger partial charge in [-0.05, 0) is 18.4 Å². The highest BCUT2D eigenvalue weighted by molar-refractivity contribution is 5.53. The monoisotopic (exact) mass is 340 g/mol. The number of nitrogens with one attached hydrogen (secondary N) is 1. The number of aromatic nitrogens is 2. The molecule has 1 aliphatic heterocycles. The van der Waals surface area contributed by atoms with Crippen molar-refractivity contribution in [3.8, 4) is 6.07 Å². The average molecular weight is 340 g/mol. The summed E-state index contributed by atoms with van der Waals surface area (Å²) in [6, 6.07) is 11.4. The molecule has 7 heteroatoms. The molecule has 0 amide bonds. The minimum atomic E-state index is -0.604. The van der Waals surface area contributed by atoms with E-state index in [1.807, 2.05) is 36.4 Å². The fourth-order valence-electron chi connectivity index (χ4n) is 3.18. The van der Waals surface area contributed by atoms with E-state index >= 15 is 0 Å². The van der Waals surface area contributed by atoms with Gasteiger partial charge >= 0.3 is 5.69 Å². The Morgan fingerprint density at radius 3 is 2.56 bits per heavy atom. The summed E-state index contributed by atoms with van der Waals surface area (Å²) in [5.41, 5.74) is -0.187. The van der Waals surface area contributed by atoms with Gasteiger partial charge in [0, 0.05) is 20.7 Å². The number of rotatable bonds is 4. The second-order valence-electron chi connectivity index (χ2n) is 6.13. The van der Waals surface area contributed by atoms with Crippen molar-refractivity contribution in [3.63, 3.8) is 0 Å². The quantitative estimate of drug-likeness (QED) is 0.906. The SMILES string of the molecule is Cn1c(N[C@@H](c2ccccc2)[C@H]2CCCO2)c(C#N)c(=O)n(C)c1=O. The van der Waals surface area contributed by atoms with Gasteiger partial charge < -0.3 is 10.1 Å². The summed E-state index contributed by atoms with van der Waals surface area (Å²) in [7, 11) is 2.91. The van der Waals surface area contributed by atoms with Crippen molar-refractivity contribution < 1.29 is 4.74 Å². The highest BCUT2D eigenvalue weighted by Gasteiger charge is 2.29. The van der Waals surface area contributed by atoms with E-state index < -0.39 is 11.2 Å². The molecular formula is C18H20N4O3. The van der Waals surface area contributed by atoms with Crippen LogP contribution in [0.25, 0.3) is 0 Å². The van der Waals surface area contributed by atoms with E-state index in [1.54, 1.807) is 7.05 Å². The van der Waals surface area contributed by atoms with Crippen LogP contribution in [0.1, 0.15) is 30.0 Å². The zero-order chi connectivity index (χ0) is 18.0. The van der Waals surface area contributed by atoms with E-state index in [0.717, 1.165) is 23.0 Å². The van der Waals surface area contributed by atoms with Gasteiger partial charge in [-0.1, -0.05) is 30.3 Å². The first-order valence-corrected chi connectivity index (χ1v) is 8.17. The molecule has 0 radical (unpaired) electrons. The van der Waals surface area contributed by atoms with Crippen molar-refractivity contribution in [2.45, 2.75) is 25.0 Å². The van der Waals surface area contributed by atoms with Crippen LogP contribution in [0, 0.1) is 11.3 Å². The fourth-order valence-corrected chi connectivity index (χ4v) is 3.18. The third kappa shape index (κ3) is 3.08. The molecule has 7 nitrogen and oxygen atoms in total. The predicted molar refractivity (Wildman–Crippen MR) is 93.4 cm³/mol. The molecule has 0 spiro atoms. The van der Waals surface area contributed by atoms with Crippen LogP contribution in [0.4, 0.5) is 5.82 Å². The van der Waals surface area contributed by atoms with Gasteiger partial charge in [0.05, 0.1) is 12.1 Å². The normalized spacial score (nSPS) is 17.9. The first-order valence-electron chi connectivity index (χ1n) is 8.17. The van der Waals surface area contributed by atoms with Crippen LogP contribution in [0.5, 0.6) is 0 Å². The number of nitriles is 1. The number of nitrogens with zero attached hydrogens (tertiary/aromatic N) is 3. The molecule has 0 saturated carbocycles. The van der Waals surface area contributed by atoms with E-state index in [1.165, 1.54) is 11.6 Å². The second-order valence-corrected chi connectivity index (χ2v) is 6.13. The van der Waals surface area contributed by atoms with Gasteiger partial charge in [0.25, 0.3) is 5.56 Å². The average Bonchev–Trinajstić information content (AvgIpc) is 3.17. The van der Waals surface area contributed by atoms with Gasteiger partial charge in [-0.25, -0.2) is 4.79 Å². The zero-order valence-corrected chi connectivity index (χ0v) is 14.2. The van der Waals surface area contributed by atoms with Crippen molar-refractivity contribution >= 4 is 5.82 Å². The third-order valence-electron chi connectivity index (χ3n) is 4.56. The first-order chi connectivity index (χ1) is 12.0. The number of anilines is 1. The van der Waals surface area contributed by atoms with E-state index in [4.69, 9.17) is 4.74 Å². The largest absolute Gasteiger partial charge is 0.376 e. The molecular weight excluding hydrogens is 320 g/mol. The number of ether oxygens (including phenoxy) is 1. The van der Waals surface area contributed by atoms with Crippen LogP contribution in [0.15, 0.2) is 39.9 Å². The van der Waals surface area contributed by atoms with Crippen molar-refractivity contribution in [2.75, 3.05) is 11.9 Å². The summed E-state index contributed by atoms with van der Waals surface area (Å²) >= 11 is 0. The number of hydrogen-bond acceptors (Lipinski definition) is 5. The summed E-state index contributed by atoms with van der Waals surface area (Å²) in [6.07, 6.45) is 1.73. The van der Waals surface area contributed by atoms with Crippen molar-refractivity contribution in [2.24, 2.45) is 14.1 Å². The lowest BCUT2D eigenvalue weighted by molar-refractivity contribution is 0.0952. The molecule has 2 aromatic rings. The molecule has 25 heavy (non-hydrogen) atoms. The van der Waals surface area contributed by atoms with Gasteiger partial charge in [0.15, 0.2) is 5.56 Å². The molecule has 2 atom stereocenters. The zero-order valence-electron chi connectivity index (χ0n) is 14.2. The molecule has 0 bridgehead atoms. The Bertz CT molecular complexity index is 918. The van der Waals surface area contributed by atoms with Gasteiger partial charge in [-0.15, -0.1) is 0 Å². The van der Waals surface area contributed by atoms with E-state index in [9.17, 15) is 14.9 Å². The van der Waals surface area contributed by atoms with Crippen LogP contribution < -0.4 is 16.6 Å². The molecule has 130 valence electrons. The minimum Gasteiger partial charge on any atom is -0.376 e. The van der Waals surface area contributed by atoms with Crippen LogP contribution in [0.2, 0.25) is 0 Å².